The first kappa shape index (κ1) is 22.9. The van der Waals surface area contributed by atoms with Crippen molar-refractivity contribution in [3.8, 4) is 11.5 Å². The van der Waals surface area contributed by atoms with E-state index in [1.54, 1.807) is 37.4 Å². The van der Waals surface area contributed by atoms with E-state index in [2.05, 4.69) is 15.5 Å². The lowest BCUT2D eigenvalue weighted by molar-refractivity contribution is -0.138. The number of carbonyl (C=O) groups excluding carboxylic acids is 1. The number of thioether (sulfide) groups is 1. The fourth-order valence-corrected chi connectivity index (χ4v) is 4.01. The molecule has 0 radical (unpaired) electrons. The maximum atomic E-state index is 11.7. The van der Waals surface area contributed by atoms with E-state index in [1.807, 2.05) is 6.07 Å². The van der Waals surface area contributed by atoms with Gasteiger partial charge in [-0.25, -0.2) is 0 Å². The number of methoxy groups -OCH3 is 1. The standard InChI is InChI=1S/C20H17Cl2N3O5S/c1-29-15-4-2-11(6-12(15)10-30-16-5-3-13(21)7-14(16)22)9-23-25-20-24-19(28)17(31-20)8-18(26)27/h2-7,9,17H,8,10H2,1H3,(H,26,27)(H,24,25,28). The number of halogens is 2. The van der Waals surface area contributed by atoms with Gasteiger partial charge in [-0.15, -0.1) is 5.10 Å². The first-order valence-electron chi connectivity index (χ1n) is 8.91. The van der Waals surface area contributed by atoms with Gasteiger partial charge in [-0.05, 0) is 42.0 Å². The first-order chi connectivity index (χ1) is 14.9. The van der Waals surface area contributed by atoms with Crippen molar-refractivity contribution in [2.75, 3.05) is 7.11 Å². The zero-order valence-corrected chi connectivity index (χ0v) is 18.5. The maximum absolute atomic E-state index is 11.7. The number of hydrogen-bond acceptors (Lipinski definition) is 7. The number of carboxylic acids is 1. The van der Waals surface area contributed by atoms with Gasteiger partial charge >= 0.3 is 5.97 Å². The van der Waals surface area contributed by atoms with Crippen molar-refractivity contribution in [1.29, 1.82) is 0 Å². The van der Waals surface area contributed by atoms with Gasteiger partial charge in [0, 0.05) is 10.6 Å². The summed E-state index contributed by atoms with van der Waals surface area (Å²) in [6.07, 6.45) is 1.22. The molecule has 11 heteroatoms. The van der Waals surface area contributed by atoms with Gasteiger partial charge in [-0.2, -0.15) is 5.10 Å². The van der Waals surface area contributed by atoms with Crippen LogP contribution in [0.1, 0.15) is 17.5 Å². The lowest BCUT2D eigenvalue weighted by Crippen LogP contribution is -2.26. The van der Waals surface area contributed by atoms with Crippen LogP contribution >= 0.6 is 35.0 Å². The number of amides is 1. The molecular weight excluding hydrogens is 465 g/mol. The Balaban J connectivity index is 1.68. The number of ether oxygens (including phenoxy) is 2. The highest BCUT2D eigenvalue weighted by Crippen LogP contribution is 2.29. The van der Waals surface area contributed by atoms with Gasteiger partial charge < -0.3 is 19.9 Å². The Morgan fingerprint density at radius 2 is 2.03 bits per heavy atom. The smallest absolute Gasteiger partial charge is 0.305 e. The molecule has 1 heterocycles. The normalized spacial score (nSPS) is 17.2. The van der Waals surface area contributed by atoms with Crippen LogP contribution < -0.4 is 14.8 Å². The molecule has 1 atom stereocenters. The van der Waals surface area contributed by atoms with E-state index in [1.165, 1.54) is 6.21 Å². The summed E-state index contributed by atoms with van der Waals surface area (Å²) >= 11 is 13.1. The molecule has 0 spiro atoms. The Morgan fingerprint density at radius 1 is 1.26 bits per heavy atom. The van der Waals surface area contributed by atoms with E-state index in [4.69, 9.17) is 37.8 Å². The van der Waals surface area contributed by atoms with Crippen molar-refractivity contribution < 1.29 is 24.2 Å². The SMILES string of the molecule is COc1ccc(C=NN=C2NC(=O)C(CC(=O)O)S2)cc1COc1ccc(Cl)cc1Cl. The van der Waals surface area contributed by atoms with E-state index < -0.39 is 17.1 Å². The Labute approximate surface area is 192 Å². The van der Waals surface area contributed by atoms with Crippen molar-refractivity contribution in [3.05, 3.63) is 57.6 Å². The highest BCUT2D eigenvalue weighted by molar-refractivity contribution is 8.15. The molecule has 1 aliphatic heterocycles. The van der Waals surface area contributed by atoms with Crippen molar-refractivity contribution in [3.63, 3.8) is 0 Å². The number of nitrogens with one attached hydrogen (secondary N) is 1. The van der Waals surface area contributed by atoms with E-state index in [-0.39, 0.29) is 18.2 Å². The highest BCUT2D eigenvalue weighted by Gasteiger charge is 2.32. The zero-order valence-electron chi connectivity index (χ0n) is 16.2. The molecule has 0 bridgehead atoms. The summed E-state index contributed by atoms with van der Waals surface area (Å²) in [5, 5.41) is 19.7. The quantitative estimate of drug-likeness (QED) is 0.435. The number of carbonyl (C=O) groups is 2. The summed E-state index contributed by atoms with van der Waals surface area (Å²) in [6.45, 7) is 0.198. The Kier molecular flexibility index (Phi) is 7.78. The van der Waals surface area contributed by atoms with Crippen LogP contribution in [0.15, 0.2) is 46.6 Å². The number of benzene rings is 2. The Morgan fingerprint density at radius 3 is 2.74 bits per heavy atom. The molecule has 1 fully saturated rings. The fraction of sp³-hybridized carbons (Fsp3) is 0.200. The third-order valence-electron chi connectivity index (χ3n) is 4.07. The van der Waals surface area contributed by atoms with Gasteiger partial charge in [-0.1, -0.05) is 35.0 Å². The molecule has 0 saturated carbocycles. The number of nitrogens with zero attached hydrogens (tertiary/aromatic N) is 2. The van der Waals surface area contributed by atoms with Gasteiger partial charge in [0.05, 0.1) is 24.8 Å². The van der Waals surface area contributed by atoms with Crippen LogP contribution in [-0.2, 0) is 16.2 Å². The number of hydrogen-bond donors (Lipinski definition) is 2. The average molecular weight is 482 g/mol. The molecule has 1 saturated heterocycles. The fourth-order valence-electron chi connectivity index (χ4n) is 2.63. The number of carboxylic acid groups (broad SMARTS) is 1. The summed E-state index contributed by atoms with van der Waals surface area (Å²) in [5.41, 5.74) is 1.48. The van der Waals surface area contributed by atoms with E-state index >= 15 is 0 Å². The molecule has 2 aromatic rings. The summed E-state index contributed by atoms with van der Waals surface area (Å²) < 4.78 is 11.1. The number of aliphatic carboxylic acids is 1. The number of rotatable bonds is 8. The lowest BCUT2D eigenvalue weighted by Gasteiger charge is -2.12. The van der Waals surface area contributed by atoms with E-state index in [9.17, 15) is 9.59 Å². The van der Waals surface area contributed by atoms with Crippen LogP contribution in [0.5, 0.6) is 11.5 Å². The Hall–Kier alpha value is -2.75. The molecule has 8 nitrogen and oxygen atoms in total. The van der Waals surface area contributed by atoms with E-state index in [0.29, 0.717) is 21.5 Å². The van der Waals surface area contributed by atoms with Crippen LogP contribution in [-0.4, -0.2) is 40.7 Å². The molecule has 1 aliphatic rings. The minimum absolute atomic E-state index is 0.198. The summed E-state index contributed by atoms with van der Waals surface area (Å²) in [6, 6.07) is 10.3. The zero-order chi connectivity index (χ0) is 22.4. The van der Waals surface area contributed by atoms with Crippen LogP contribution in [0.25, 0.3) is 0 Å². The monoisotopic (exact) mass is 481 g/mol. The second-order valence-electron chi connectivity index (χ2n) is 6.28. The first-order valence-corrected chi connectivity index (χ1v) is 10.5. The van der Waals surface area contributed by atoms with Crippen molar-refractivity contribution in [2.24, 2.45) is 10.2 Å². The predicted molar refractivity (Wildman–Crippen MR) is 121 cm³/mol. The van der Waals surface area contributed by atoms with Gasteiger partial charge in [0.1, 0.15) is 23.4 Å². The van der Waals surface area contributed by atoms with Crippen molar-refractivity contribution in [1.82, 2.24) is 5.32 Å². The maximum Gasteiger partial charge on any atom is 0.305 e. The van der Waals surface area contributed by atoms with Gasteiger partial charge in [-0.3, -0.25) is 9.59 Å². The molecule has 2 aromatic carbocycles. The molecule has 2 N–H and O–H groups in total. The summed E-state index contributed by atoms with van der Waals surface area (Å²) in [5.74, 6) is -0.330. The molecule has 162 valence electrons. The third kappa shape index (κ3) is 6.36. The van der Waals surface area contributed by atoms with Crippen LogP contribution in [0.3, 0.4) is 0 Å². The van der Waals surface area contributed by atoms with Gasteiger partial charge in [0.25, 0.3) is 0 Å². The second kappa shape index (κ2) is 10.5. The van der Waals surface area contributed by atoms with Gasteiger partial charge in [0.15, 0.2) is 5.17 Å². The molecule has 0 aromatic heterocycles. The van der Waals surface area contributed by atoms with Crippen LogP contribution in [0.2, 0.25) is 10.0 Å². The third-order valence-corrected chi connectivity index (χ3v) is 5.68. The van der Waals surface area contributed by atoms with Crippen molar-refractivity contribution >= 4 is 58.2 Å². The topological polar surface area (TPSA) is 110 Å². The van der Waals surface area contributed by atoms with Crippen LogP contribution in [0.4, 0.5) is 0 Å². The summed E-state index contributed by atoms with van der Waals surface area (Å²) in [7, 11) is 1.56. The largest absolute Gasteiger partial charge is 0.496 e. The molecule has 0 aliphatic carbocycles. The summed E-state index contributed by atoms with van der Waals surface area (Å²) in [4.78, 5) is 22.5. The van der Waals surface area contributed by atoms with Crippen molar-refractivity contribution in [2.45, 2.75) is 18.3 Å². The molecule has 1 amide bonds. The van der Waals surface area contributed by atoms with Crippen LogP contribution in [0, 0.1) is 0 Å². The average Bonchev–Trinajstić information content (AvgIpc) is 3.06. The predicted octanol–water partition coefficient (Wildman–Crippen LogP) is 3.98. The second-order valence-corrected chi connectivity index (χ2v) is 8.31. The van der Waals surface area contributed by atoms with Gasteiger partial charge in [0.2, 0.25) is 5.91 Å². The molecule has 1 unspecified atom stereocenters. The molecular formula is C20H17Cl2N3O5S. The lowest BCUT2D eigenvalue weighted by atomic mass is 10.1. The number of amidine groups is 1. The molecule has 31 heavy (non-hydrogen) atoms. The highest BCUT2D eigenvalue weighted by atomic mass is 35.5. The van der Waals surface area contributed by atoms with E-state index in [0.717, 1.165) is 22.9 Å². The molecule has 3 rings (SSSR count). The Bertz CT molecular complexity index is 1060. The minimum Gasteiger partial charge on any atom is -0.496 e. The minimum atomic E-state index is -1.05.